The Labute approximate surface area is 116 Å². The van der Waals surface area contributed by atoms with Gasteiger partial charge in [0.05, 0.1) is 7.11 Å². The first-order chi connectivity index (χ1) is 9.24. The van der Waals surface area contributed by atoms with Crippen LogP contribution in [-0.4, -0.2) is 33.3 Å². The number of anilines is 1. The lowest BCUT2D eigenvalue weighted by Gasteiger charge is -2.27. The monoisotopic (exact) mass is 262 g/mol. The van der Waals surface area contributed by atoms with Crippen LogP contribution >= 0.6 is 0 Å². The second-order valence-electron chi connectivity index (χ2n) is 5.43. The third-order valence-corrected chi connectivity index (χ3v) is 4.15. The minimum Gasteiger partial charge on any atom is -0.497 e. The molecule has 0 saturated heterocycles. The van der Waals surface area contributed by atoms with Gasteiger partial charge in [-0.25, -0.2) is 0 Å². The number of benzene rings is 1. The second kappa shape index (κ2) is 6.80. The molecule has 19 heavy (non-hydrogen) atoms. The first kappa shape index (κ1) is 14.2. The summed E-state index contributed by atoms with van der Waals surface area (Å²) in [7, 11) is 3.89. The van der Waals surface area contributed by atoms with Gasteiger partial charge >= 0.3 is 0 Å². The van der Waals surface area contributed by atoms with Crippen molar-refractivity contribution in [2.75, 3.05) is 32.1 Å². The minimum absolute atomic E-state index is 0.700. The molecule has 2 atom stereocenters. The maximum absolute atomic E-state index is 5.20. The number of methoxy groups -OCH3 is 1. The second-order valence-corrected chi connectivity index (χ2v) is 5.43. The van der Waals surface area contributed by atoms with Crippen molar-refractivity contribution in [3.8, 4) is 5.75 Å². The van der Waals surface area contributed by atoms with Crippen molar-refractivity contribution in [2.45, 2.75) is 32.2 Å². The van der Waals surface area contributed by atoms with Crippen LogP contribution in [-0.2, 0) is 0 Å². The molecule has 1 saturated carbocycles. The average molecular weight is 262 g/mol. The zero-order valence-electron chi connectivity index (χ0n) is 12.4. The fourth-order valence-electron chi connectivity index (χ4n) is 3.08. The summed E-state index contributed by atoms with van der Waals surface area (Å²) >= 11 is 0. The molecule has 1 N–H and O–H groups in total. The Kier molecular flexibility index (Phi) is 5.08. The number of ether oxygens (including phenoxy) is 1. The molecule has 106 valence electrons. The van der Waals surface area contributed by atoms with Gasteiger partial charge in [0, 0.05) is 25.3 Å². The average Bonchev–Trinajstić information content (AvgIpc) is 2.86. The number of nitrogens with zero attached hydrogens (tertiary/aromatic N) is 1. The summed E-state index contributed by atoms with van der Waals surface area (Å²) in [6.07, 6.45) is 4.03. The molecule has 0 spiro atoms. The summed E-state index contributed by atoms with van der Waals surface area (Å²) in [6.45, 7) is 4.40. The van der Waals surface area contributed by atoms with E-state index in [0.717, 1.165) is 24.8 Å². The number of hydrogen-bond donors (Lipinski definition) is 1. The van der Waals surface area contributed by atoms with E-state index >= 15 is 0 Å². The van der Waals surface area contributed by atoms with Crippen molar-refractivity contribution in [2.24, 2.45) is 5.92 Å². The highest BCUT2D eigenvalue weighted by Crippen LogP contribution is 2.28. The first-order valence-corrected chi connectivity index (χ1v) is 7.33. The minimum atomic E-state index is 0.700. The van der Waals surface area contributed by atoms with Gasteiger partial charge in [-0.05, 0) is 49.6 Å². The van der Waals surface area contributed by atoms with Crippen LogP contribution in [0, 0.1) is 5.92 Å². The highest BCUT2D eigenvalue weighted by Gasteiger charge is 2.27. The van der Waals surface area contributed by atoms with Gasteiger partial charge < -0.3 is 15.0 Å². The summed E-state index contributed by atoms with van der Waals surface area (Å²) in [5.41, 5.74) is 1.27. The summed E-state index contributed by atoms with van der Waals surface area (Å²) in [6, 6.07) is 9.03. The molecule has 1 aromatic rings. The first-order valence-electron chi connectivity index (χ1n) is 7.33. The van der Waals surface area contributed by atoms with Crippen molar-refractivity contribution >= 4 is 5.69 Å². The summed E-state index contributed by atoms with van der Waals surface area (Å²) in [5.74, 6) is 1.69. The summed E-state index contributed by atoms with van der Waals surface area (Å²) in [5, 5.41) is 3.62. The van der Waals surface area contributed by atoms with Crippen molar-refractivity contribution in [1.82, 2.24) is 5.32 Å². The Morgan fingerprint density at radius 3 is 2.63 bits per heavy atom. The fraction of sp³-hybridized carbons (Fsp3) is 0.625. The molecule has 3 heteroatoms. The van der Waals surface area contributed by atoms with Gasteiger partial charge in [0.15, 0.2) is 0 Å². The normalized spacial score (nSPS) is 22.5. The Bertz CT molecular complexity index is 377. The number of hydrogen-bond acceptors (Lipinski definition) is 3. The SMILES string of the molecule is CCNC1CCCC1CN(C)c1ccc(OC)cc1. The Morgan fingerprint density at radius 2 is 2.00 bits per heavy atom. The van der Waals surface area contributed by atoms with Crippen LogP contribution in [0.3, 0.4) is 0 Å². The van der Waals surface area contributed by atoms with E-state index in [0.29, 0.717) is 6.04 Å². The maximum atomic E-state index is 5.20. The van der Waals surface area contributed by atoms with Gasteiger partial charge in [-0.3, -0.25) is 0 Å². The van der Waals surface area contributed by atoms with Gasteiger partial charge in [-0.2, -0.15) is 0 Å². The van der Waals surface area contributed by atoms with E-state index in [9.17, 15) is 0 Å². The molecule has 0 radical (unpaired) electrons. The molecule has 1 fully saturated rings. The van der Waals surface area contributed by atoms with Crippen LogP contribution < -0.4 is 15.0 Å². The molecule has 2 unspecified atom stereocenters. The topological polar surface area (TPSA) is 24.5 Å². The molecular formula is C16H26N2O. The molecule has 0 aromatic heterocycles. The van der Waals surface area contributed by atoms with E-state index in [1.807, 2.05) is 12.1 Å². The predicted molar refractivity (Wildman–Crippen MR) is 81.1 cm³/mol. The molecule has 0 amide bonds. The maximum Gasteiger partial charge on any atom is 0.119 e. The zero-order valence-corrected chi connectivity index (χ0v) is 12.4. The summed E-state index contributed by atoms with van der Waals surface area (Å²) in [4.78, 5) is 2.36. The highest BCUT2D eigenvalue weighted by molar-refractivity contribution is 5.48. The Morgan fingerprint density at radius 1 is 1.26 bits per heavy atom. The fourth-order valence-corrected chi connectivity index (χ4v) is 3.08. The lowest BCUT2D eigenvalue weighted by Crippen LogP contribution is -2.38. The molecule has 1 aromatic carbocycles. The molecule has 3 nitrogen and oxygen atoms in total. The third kappa shape index (κ3) is 3.63. The van der Waals surface area contributed by atoms with Crippen LogP contribution in [0.2, 0.25) is 0 Å². The number of nitrogens with one attached hydrogen (secondary N) is 1. The number of rotatable bonds is 6. The Balaban J connectivity index is 1.93. The van der Waals surface area contributed by atoms with Crippen LogP contribution in [0.15, 0.2) is 24.3 Å². The molecule has 0 heterocycles. The lowest BCUT2D eigenvalue weighted by molar-refractivity contribution is 0.410. The van der Waals surface area contributed by atoms with E-state index < -0.39 is 0 Å². The van der Waals surface area contributed by atoms with Gasteiger partial charge in [0.2, 0.25) is 0 Å². The van der Waals surface area contributed by atoms with E-state index in [4.69, 9.17) is 4.74 Å². The van der Waals surface area contributed by atoms with E-state index in [1.54, 1.807) is 7.11 Å². The van der Waals surface area contributed by atoms with Gasteiger partial charge in [-0.1, -0.05) is 13.3 Å². The third-order valence-electron chi connectivity index (χ3n) is 4.15. The van der Waals surface area contributed by atoms with E-state index in [2.05, 4.69) is 36.3 Å². The molecule has 0 bridgehead atoms. The molecule has 2 rings (SSSR count). The Hall–Kier alpha value is -1.22. The van der Waals surface area contributed by atoms with Crippen LogP contribution in [0.5, 0.6) is 5.75 Å². The predicted octanol–water partition coefficient (Wildman–Crippen LogP) is 2.91. The van der Waals surface area contributed by atoms with Crippen molar-refractivity contribution < 1.29 is 4.74 Å². The van der Waals surface area contributed by atoms with Gasteiger partial charge in [0.25, 0.3) is 0 Å². The highest BCUT2D eigenvalue weighted by atomic mass is 16.5. The van der Waals surface area contributed by atoms with Crippen molar-refractivity contribution in [1.29, 1.82) is 0 Å². The van der Waals surface area contributed by atoms with Crippen LogP contribution in [0.4, 0.5) is 5.69 Å². The van der Waals surface area contributed by atoms with Crippen LogP contribution in [0.1, 0.15) is 26.2 Å². The standard InChI is InChI=1S/C16H26N2O/c1-4-17-16-7-5-6-13(16)12-18(2)14-8-10-15(19-3)11-9-14/h8-11,13,16-17H,4-7,12H2,1-3H3. The van der Waals surface area contributed by atoms with Gasteiger partial charge in [0.1, 0.15) is 5.75 Å². The zero-order chi connectivity index (χ0) is 13.7. The lowest BCUT2D eigenvalue weighted by atomic mass is 10.0. The quantitative estimate of drug-likeness (QED) is 0.853. The molecule has 1 aliphatic carbocycles. The van der Waals surface area contributed by atoms with E-state index in [1.165, 1.54) is 24.9 Å². The summed E-state index contributed by atoms with van der Waals surface area (Å²) < 4.78 is 5.20. The molecule has 1 aliphatic rings. The molecular weight excluding hydrogens is 236 g/mol. The van der Waals surface area contributed by atoms with Crippen LogP contribution in [0.25, 0.3) is 0 Å². The largest absolute Gasteiger partial charge is 0.497 e. The smallest absolute Gasteiger partial charge is 0.119 e. The van der Waals surface area contributed by atoms with E-state index in [-0.39, 0.29) is 0 Å². The van der Waals surface area contributed by atoms with Gasteiger partial charge in [-0.15, -0.1) is 0 Å². The van der Waals surface area contributed by atoms with Crippen molar-refractivity contribution in [3.05, 3.63) is 24.3 Å². The molecule has 0 aliphatic heterocycles. The van der Waals surface area contributed by atoms with Crippen molar-refractivity contribution in [3.63, 3.8) is 0 Å².